The molecular formula is CuGaInTe. The molecule has 0 unspecified atom stereocenters. The SMILES string of the molecule is [Cu].[Ga]=[Te].[In]. The average Bonchev–Trinajstić information content (AvgIpc) is 1.00. The largest absolute Gasteiger partial charge is 0 e. The molecule has 0 saturated carbocycles. The third-order valence-electron chi connectivity index (χ3n) is 0. The summed E-state index contributed by atoms with van der Waals surface area (Å²) in [6.07, 6.45) is 0. The first-order valence-electron chi connectivity index (χ1n) is 0.236. The molecule has 0 spiro atoms. The van der Waals surface area contributed by atoms with E-state index in [0.717, 1.165) is 0 Å². The van der Waals surface area contributed by atoms with Crippen LogP contribution >= 0.6 is 0 Å². The van der Waals surface area contributed by atoms with Crippen LogP contribution in [0.25, 0.3) is 0 Å². The molecule has 0 fully saturated rings. The van der Waals surface area contributed by atoms with E-state index in [1.165, 1.54) is 0 Å². The van der Waals surface area contributed by atoms with Crippen LogP contribution in [-0.2, 0) is 17.1 Å². The van der Waals surface area contributed by atoms with Gasteiger partial charge in [0.15, 0.2) is 0 Å². The smallest absolute Gasteiger partial charge is 0 e. The molecule has 0 aromatic rings. The Bertz CT molecular complexity index is 8.00. The average molecular weight is 376 g/mol. The molecule has 4 heteroatoms. The van der Waals surface area contributed by atoms with E-state index in [2.05, 4.69) is 0 Å². The molecule has 0 aliphatic heterocycles. The van der Waals surface area contributed by atoms with Gasteiger partial charge in [0.2, 0.25) is 0 Å². The van der Waals surface area contributed by atoms with Gasteiger partial charge in [0, 0.05) is 42.9 Å². The van der Waals surface area contributed by atoms with E-state index in [4.69, 9.17) is 0 Å². The van der Waals surface area contributed by atoms with Gasteiger partial charge < -0.3 is 0 Å². The first-order chi connectivity index (χ1) is 1.00. The predicted molar refractivity (Wildman–Crippen MR) is 17.3 cm³/mol. The number of hydrogen-bond donors (Lipinski definition) is 0. The van der Waals surface area contributed by atoms with Crippen molar-refractivity contribution in [1.29, 1.82) is 0 Å². The van der Waals surface area contributed by atoms with Crippen LogP contribution in [-0.4, -0.2) is 59.2 Å². The van der Waals surface area contributed by atoms with E-state index in [9.17, 15) is 0 Å². The number of rotatable bonds is 0. The third-order valence-corrected chi connectivity index (χ3v) is 0. The fraction of sp³-hybridized carbons (Fsp3) is 0. The van der Waals surface area contributed by atoms with Gasteiger partial charge in [0.1, 0.15) is 0 Å². The summed E-state index contributed by atoms with van der Waals surface area (Å²) in [6.45, 7) is 0. The third kappa shape index (κ3) is 8.84. The van der Waals surface area contributed by atoms with E-state index in [-0.39, 0.29) is 42.9 Å². The first kappa shape index (κ1) is 15.8. The van der Waals surface area contributed by atoms with Crippen molar-refractivity contribution in [2.24, 2.45) is 0 Å². The van der Waals surface area contributed by atoms with Gasteiger partial charge in [-0.25, -0.2) is 0 Å². The van der Waals surface area contributed by atoms with Crippen molar-refractivity contribution in [2.45, 2.75) is 0 Å². The summed E-state index contributed by atoms with van der Waals surface area (Å²) in [5.74, 6) is 0. The minimum Gasteiger partial charge on any atom is 0 e. The summed E-state index contributed by atoms with van der Waals surface area (Å²) >= 11 is 3.71. The summed E-state index contributed by atoms with van der Waals surface area (Å²) in [5, 5.41) is 0. The molecule has 5 radical (unpaired) electrons. The summed E-state index contributed by atoms with van der Waals surface area (Å²) < 4.78 is 0. The second kappa shape index (κ2) is 17.0. The van der Waals surface area contributed by atoms with Gasteiger partial charge in [-0.05, 0) is 0 Å². The van der Waals surface area contributed by atoms with E-state index in [0.29, 0.717) is 0 Å². The topological polar surface area (TPSA) is 0 Å². The van der Waals surface area contributed by atoms with Gasteiger partial charge in [-0.1, -0.05) is 0 Å². The van der Waals surface area contributed by atoms with Crippen LogP contribution in [0.15, 0.2) is 0 Å². The van der Waals surface area contributed by atoms with E-state index in [1.807, 2.05) is 18.8 Å². The molecule has 23 valence electrons. The fourth-order valence-electron chi connectivity index (χ4n) is 0. The second-order valence-electron chi connectivity index (χ2n) is 0. The minimum atomic E-state index is 0. The first-order valence-corrected chi connectivity index (χ1v) is 8.22. The molecule has 0 aromatic carbocycles. The second-order valence-corrected chi connectivity index (χ2v) is 0. The zero-order valence-electron chi connectivity index (χ0n) is 1.86. The standard InChI is InChI=1S/Cu.Ga.In.Te. The molecular weight excluding hydrogens is 376 g/mol. The van der Waals surface area contributed by atoms with Crippen molar-refractivity contribution in [1.82, 2.24) is 0 Å². The van der Waals surface area contributed by atoms with Crippen LogP contribution in [0.5, 0.6) is 0 Å². The fourth-order valence-corrected chi connectivity index (χ4v) is 0. The molecule has 0 rings (SSSR count). The van der Waals surface area contributed by atoms with Crippen molar-refractivity contribution in [2.75, 3.05) is 0 Å². The molecule has 0 saturated heterocycles. The van der Waals surface area contributed by atoms with Crippen LogP contribution in [0.3, 0.4) is 0 Å². The molecule has 4 heavy (non-hydrogen) atoms. The van der Waals surface area contributed by atoms with Gasteiger partial charge in [-0.15, -0.1) is 0 Å². The van der Waals surface area contributed by atoms with Crippen molar-refractivity contribution in [3.05, 3.63) is 0 Å². The molecule has 0 atom stereocenters. The maximum absolute atomic E-state index is 2.01. The van der Waals surface area contributed by atoms with Crippen LogP contribution in [0.1, 0.15) is 0 Å². The maximum Gasteiger partial charge on any atom is 0 e. The van der Waals surface area contributed by atoms with E-state index >= 15 is 0 Å². The Balaban J connectivity index is -0.00000000500. The van der Waals surface area contributed by atoms with Crippen LogP contribution in [0.4, 0.5) is 0 Å². The van der Waals surface area contributed by atoms with E-state index in [1.54, 1.807) is 14.5 Å². The van der Waals surface area contributed by atoms with Crippen molar-refractivity contribution in [3.63, 3.8) is 0 Å². The Morgan fingerprint density at radius 3 is 1.25 bits per heavy atom. The van der Waals surface area contributed by atoms with Gasteiger partial charge in [-0.2, -0.15) is 0 Å². The van der Waals surface area contributed by atoms with Gasteiger partial charge >= 0.3 is 33.3 Å². The molecule has 0 heterocycles. The number of hydrogen-bond acceptors (Lipinski definition) is 0. The predicted octanol–water partition coefficient (Wildman–Crippen LogP) is -1.14. The van der Waals surface area contributed by atoms with Crippen molar-refractivity contribution >= 4 is 59.2 Å². The van der Waals surface area contributed by atoms with E-state index < -0.39 is 0 Å². The monoisotopic (exact) mass is 377 g/mol. The molecule has 0 aliphatic rings. The molecule has 0 N–H and O–H groups in total. The molecule has 0 amide bonds. The van der Waals surface area contributed by atoms with Gasteiger partial charge in [0.05, 0.1) is 0 Å². The molecule has 0 nitrogen and oxygen atoms in total. The summed E-state index contributed by atoms with van der Waals surface area (Å²) in [6, 6.07) is 0. The minimum absolute atomic E-state index is 0. The Kier molecular flexibility index (Phi) is 67.3. The Hall–Kier alpha value is 2.82. The summed E-state index contributed by atoms with van der Waals surface area (Å²) in [5.41, 5.74) is 0. The normalized spacial score (nSPS) is 0.750. The van der Waals surface area contributed by atoms with Crippen LogP contribution in [0.2, 0.25) is 0 Å². The molecule has 0 bridgehead atoms. The molecule has 0 aliphatic carbocycles. The summed E-state index contributed by atoms with van der Waals surface area (Å²) in [7, 11) is 0. The zero-order valence-corrected chi connectivity index (χ0v) is 10.9. The van der Waals surface area contributed by atoms with Crippen LogP contribution in [0, 0.1) is 0 Å². The Morgan fingerprint density at radius 1 is 1.25 bits per heavy atom. The van der Waals surface area contributed by atoms with Crippen LogP contribution < -0.4 is 0 Å². The van der Waals surface area contributed by atoms with Gasteiger partial charge in [0.25, 0.3) is 0 Å². The Morgan fingerprint density at radius 2 is 1.25 bits per heavy atom. The van der Waals surface area contributed by atoms with Crippen molar-refractivity contribution in [3.8, 4) is 0 Å². The zero-order chi connectivity index (χ0) is 2.00. The van der Waals surface area contributed by atoms with Gasteiger partial charge in [-0.3, -0.25) is 0 Å². The Labute approximate surface area is 74.8 Å². The summed E-state index contributed by atoms with van der Waals surface area (Å²) in [4.78, 5) is 0. The van der Waals surface area contributed by atoms with Crippen molar-refractivity contribution < 1.29 is 17.1 Å². The maximum atomic E-state index is 2.01. The molecule has 0 aromatic heterocycles. The quantitative estimate of drug-likeness (QED) is 0.470.